The Morgan fingerprint density at radius 2 is 2.04 bits per heavy atom. The van der Waals surface area contributed by atoms with Crippen LogP contribution in [0.3, 0.4) is 0 Å². The molecule has 6 nitrogen and oxygen atoms in total. The van der Waals surface area contributed by atoms with Crippen molar-refractivity contribution in [3.8, 4) is 0 Å². The Balaban J connectivity index is 1.30. The highest BCUT2D eigenvalue weighted by Crippen LogP contribution is 2.40. The second kappa shape index (κ2) is 7.46. The van der Waals surface area contributed by atoms with E-state index in [1.807, 2.05) is 0 Å². The molecule has 0 spiro atoms. The largest absolute Gasteiger partial charge is 0.386 e. The first-order chi connectivity index (χ1) is 12.2. The molecule has 2 saturated carbocycles. The molecule has 0 saturated heterocycles. The Hall–Kier alpha value is -1.40. The molecule has 0 radical (unpaired) electrons. The fraction of sp³-hybridized carbons (Fsp3) is 0.789. The molecule has 0 aromatic carbocycles. The molecule has 2 heterocycles. The number of aromatic nitrogens is 2. The lowest BCUT2D eigenvalue weighted by atomic mass is 10.1. The van der Waals surface area contributed by atoms with Crippen molar-refractivity contribution in [3.05, 3.63) is 17.5 Å². The van der Waals surface area contributed by atoms with Crippen LogP contribution in [0.15, 0.2) is 6.07 Å². The minimum absolute atomic E-state index is 0.189. The predicted molar refractivity (Wildman–Crippen MR) is 94.8 cm³/mol. The maximum atomic E-state index is 12.2. The van der Waals surface area contributed by atoms with Gasteiger partial charge in [-0.15, -0.1) is 0 Å². The molecule has 1 aromatic heterocycles. The van der Waals surface area contributed by atoms with Gasteiger partial charge in [-0.3, -0.25) is 14.4 Å². The highest BCUT2D eigenvalue weighted by Gasteiger charge is 2.33. The molecule has 1 aliphatic heterocycles. The Bertz CT molecular complexity index is 605. The third-order valence-electron chi connectivity index (χ3n) is 5.86. The quantitative estimate of drug-likeness (QED) is 0.826. The number of nitrogens with zero attached hydrogens (tertiary/aromatic N) is 3. The number of amides is 1. The van der Waals surface area contributed by atoms with Gasteiger partial charge >= 0.3 is 0 Å². The molecule has 1 aromatic rings. The predicted octanol–water partition coefficient (Wildman–Crippen LogP) is 1.98. The van der Waals surface area contributed by atoms with Gasteiger partial charge < -0.3 is 10.4 Å². The summed E-state index contributed by atoms with van der Waals surface area (Å²) in [6, 6.07) is 2.48. The van der Waals surface area contributed by atoms with Crippen molar-refractivity contribution in [2.45, 2.75) is 76.6 Å². The highest BCUT2D eigenvalue weighted by atomic mass is 16.3. The van der Waals surface area contributed by atoms with E-state index in [1.165, 1.54) is 18.5 Å². The topological polar surface area (TPSA) is 70.4 Å². The van der Waals surface area contributed by atoms with Crippen LogP contribution in [0.2, 0.25) is 0 Å². The number of hydrogen-bond donors (Lipinski definition) is 2. The van der Waals surface area contributed by atoms with Gasteiger partial charge in [-0.1, -0.05) is 12.8 Å². The number of rotatable bonds is 6. The summed E-state index contributed by atoms with van der Waals surface area (Å²) in [6.45, 7) is 3.52. The third kappa shape index (κ3) is 4.23. The molecule has 1 atom stereocenters. The molecule has 138 valence electrons. The maximum absolute atomic E-state index is 12.2. The van der Waals surface area contributed by atoms with Crippen molar-refractivity contribution in [2.75, 3.05) is 13.1 Å². The SMILES string of the molecule is O=C(CCN1CCCn2nc([C@@H](O)C3CC3)cc2C1)NC1CCCC1. The first-order valence-electron chi connectivity index (χ1n) is 9.95. The molecule has 3 aliphatic rings. The molecule has 2 fully saturated rings. The van der Waals surface area contributed by atoms with Crippen molar-refractivity contribution >= 4 is 5.91 Å². The Morgan fingerprint density at radius 3 is 2.80 bits per heavy atom. The van der Waals surface area contributed by atoms with Gasteiger partial charge in [0.2, 0.25) is 5.91 Å². The fourth-order valence-corrected chi connectivity index (χ4v) is 4.17. The van der Waals surface area contributed by atoms with E-state index in [4.69, 9.17) is 0 Å². The minimum Gasteiger partial charge on any atom is -0.386 e. The lowest BCUT2D eigenvalue weighted by Crippen LogP contribution is -2.35. The van der Waals surface area contributed by atoms with Gasteiger partial charge in [-0.05, 0) is 44.1 Å². The molecule has 2 N–H and O–H groups in total. The zero-order valence-electron chi connectivity index (χ0n) is 15.0. The minimum atomic E-state index is -0.398. The van der Waals surface area contributed by atoms with E-state index in [0.717, 1.165) is 64.0 Å². The van der Waals surface area contributed by atoms with Crippen LogP contribution < -0.4 is 5.32 Å². The molecule has 6 heteroatoms. The number of hydrogen-bond acceptors (Lipinski definition) is 4. The van der Waals surface area contributed by atoms with E-state index >= 15 is 0 Å². The van der Waals surface area contributed by atoms with Crippen molar-refractivity contribution in [2.24, 2.45) is 5.92 Å². The number of nitrogens with one attached hydrogen (secondary N) is 1. The summed E-state index contributed by atoms with van der Waals surface area (Å²) < 4.78 is 2.06. The van der Waals surface area contributed by atoms with Crippen LogP contribution in [0, 0.1) is 5.92 Å². The molecular weight excluding hydrogens is 316 g/mol. The number of carbonyl (C=O) groups is 1. The monoisotopic (exact) mass is 346 g/mol. The van der Waals surface area contributed by atoms with E-state index in [2.05, 4.69) is 26.1 Å². The van der Waals surface area contributed by atoms with Crippen LogP contribution in [0.1, 0.15) is 68.9 Å². The Labute approximate surface area is 149 Å². The molecule has 2 aliphatic carbocycles. The number of carbonyl (C=O) groups excluding carboxylic acids is 1. The molecule has 0 unspecified atom stereocenters. The molecule has 0 bridgehead atoms. The second-order valence-electron chi connectivity index (χ2n) is 7.99. The van der Waals surface area contributed by atoms with Crippen molar-refractivity contribution < 1.29 is 9.90 Å². The van der Waals surface area contributed by atoms with Crippen LogP contribution in [0.25, 0.3) is 0 Å². The van der Waals surface area contributed by atoms with Crippen LogP contribution >= 0.6 is 0 Å². The average Bonchev–Trinajstić information content (AvgIpc) is 3.25. The van der Waals surface area contributed by atoms with E-state index in [-0.39, 0.29) is 5.91 Å². The van der Waals surface area contributed by atoms with Crippen LogP contribution in [-0.4, -0.2) is 44.8 Å². The van der Waals surface area contributed by atoms with Gasteiger partial charge in [0.15, 0.2) is 0 Å². The van der Waals surface area contributed by atoms with Gasteiger partial charge in [0.1, 0.15) is 6.10 Å². The first-order valence-corrected chi connectivity index (χ1v) is 9.95. The Morgan fingerprint density at radius 1 is 1.24 bits per heavy atom. The second-order valence-corrected chi connectivity index (χ2v) is 7.99. The number of aliphatic hydroxyl groups is 1. The van der Waals surface area contributed by atoms with E-state index in [0.29, 0.717) is 18.4 Å². The van der Waals surface area contributed by atoms with Crippen LogP contribution in [0.5, 0.6) is 0 Å². The Kier molecular flexibility index (Phi) is 5.08. The highest BCUT2D eigenvalue weighted by molar-refractivity contribution is 5.76. The van der Waals surface area contributed by atoms with Gasteiger partial charge in [-0.25, -0.2) is 0 Å². The summed E-state index contributed by atoms with van der Waals surface area (Å²) in [5, 5.41) is 18.1. The van der Waals surface area contributed by atoms with Crippen LogP contribution in [0.4, 0.5) is 0 Å². The van der Waals surface area contributed by atoms with Gasteiger partial charge in [-0.2, -0.15) is 5.10 Å². The zero-order valence-corrected chi connectivity index (χ0v) is 15.0. The standard InChI is InChI=1S/C19H30N4O2/c24-18(20-15-4-1-2-5-15)8-11-22-9-3-10-23-16(13-22)12-17(21-23)19(25)14-6-7-14/h12,14-15,19,25H,1-11,13H2,(H,20,24)/t19-/m0/s1. The molecule has 25 heavy (non-hydrogen) atoms. The van der Waals surface area contributed by atoms with Gasteiger partial charge in [0.05, 0.1) is 11.4 Å². The normalized spacial score (nSPS) is 23.2. The maximum Gasteiger partial charge on any atom is 0.221 e. The zero-order chi connectivity index (χ0) is 17.2. The summed E-state index contributed by atoms with van der Waals surface area (Å²) >= 11 is 0. The summed E-state index contributed by atoms with van der Waals surface area (Å²) in [6.07, 6.45) is 8.22. The van der Waals surface area contributed by atoms with Crippen LogP contribution in [-0.2, 0) is 17.9 Å². The lowest BCUT2D eigenvalue weighted by molar-refractivity contribution is -0.122. The summed E-state index contributed by atoms with van der Waals surface area (Å²) in [5.74, 6) is 0.601. The number of fused-ring (bicyclic) bond motifs is 1. The van der Waals surface area contributed by atoms with Gasteiger partial charge in [0, 0.05) is 38.6 Å². The van der Waals surface area contributed by atoms with Crippen molar-refractivity contribution in [1.29, 1.82) is 0 Å². The number of aliphatic hydroxyl groups excluding tert-OH is 1. The lowest BCUT2D eigenvalue weighted by Gasteiger charge is -2.20. The number of aryl methyl sites for hydroxylation is 1. The molecule has 4 rings (SSSR count). The molecular formula is C19H30N4O2. The van der Waals surface area contributed by atoms with Crippen molar-refractivity contribution in [3.63, 3.8) is 0 Å². The first kappa shape index (κ1) is 17.0. The third-order valence-corrected chi connectivity index (χ3v) is 5.86. The van der Waals surface area contributed by atoms with Crippen molar-refractivity contribution in [1.82, 2.24) is 20.0 Å². The smallest absolute Gasteiger partial charge is 0.221 e. The fourth-order valence-electron chi connectivity index (χ4n) is 4.17. The van der Waals surface area contributed by atoms with E-state index in [1.54, 1.807) is 0 Å². The summed E-state index contributed by atoms with van der Waals surface area (Å²) in [7, 11) is 0. The molecule has 1 amide bonds. The van der Waals surface area contributed by atoms with Gasteiger partial charge in [0.25, 0.3) is 0 Å². The summed E-state index contributed by atoms with van der Waals surface area (Å²) in [4.78, 5) is 14.5. The van der Waals surface area contributed by atoms with E-state index < -0.39 is 6.10 Å². The summed E-state index contributed by atoms with van der Waals surface area (Å²) in [5.41, 5.74) is 2.00. The van der Waals surface area contributed by atoms with E-state index in [9.17, 15) is 9.90 Å². The average molecular weight is 346 g/mol.